The number of aryl methyl sites for hydroxylation is 2. The molecule has 32 heavy (non-hydrogen) atoms. The van der Waals surface area contributed by atoms with Crippen LogP contribution in [0.15, 0.2) is 36.4 Å². The van der Waals surface area contributed by atoms with Crippen molar-refractivity contribution in [2.75, 3.05) is 44.6 Å². The maximum atomic E-state index is 12.5. The number of piperazine rings is 1. The molecule has 0 aromatic heterocycles. The third-order valence-corrected chi connectivity index (χ3v) is 6.15. The van der Waals surface area contributed by atoms with Crippen molar-refractivity contribution in [3.8, 4) is 0 Å². The Morgan fingerprint density at radius 2 is 1.59 bits per heavy atom. The fourth-order valence-corrected chi connectivity index (χ4v) is 3.88. The summed E-state index contributed by atoms with van der Waals surface area (Å²) >= 11 is 11.9. The lowest BCUT2D eigenvalue weighted by Gasteiger charge is -2.34. The van der Waals surface area contributed by atoms with E-state index in [1.165, 1.54) is 6.07 Å². The highest BCUT2D eigenvalue weighted by molar-refractivity contribution is 6.43. The number of hydrogen-bond donors (Lipinski definition) is 1. The van der Waals surface area contributed by atoms with E-state index in [0.717, 1.165) is 16.8 Å². The van der Waals surface area contributed by atoms with Gasteiger partial charge in [0.2, 0.25) is 5.91 Å². The van der Waals surface area contributed by atoms with E-state index in [-0.39, 0.29) is 40.6 Å². The second kappa shape index (κ2) is 10.8. The van der Waals surface area contributed by atoms with E-state index >= 15 is 0 Å². The third-order valence-electron chi connectivity index (χ3n) is 5.34. The SMILES string of the molecule is Cc1cccc(C)c1NC(=O)CN1CCN(C(=O)COC(=O)c2cccc(Cl)c2Cl)CC1. The smallest absolute Gasteiger partial charge is 0.340 e. The van der Waals surface area contributed by atoms with Crippen LogP contribution in [0.4, 0.5) is 5.69 Å². The number of carbonyl (C=O) groups excluding carboxylic acids is 3. The molecule has 0 unspecified atom stereocenters. The van der Waals surface area contributed by atoms with E-state index in [4.69, 9.17) is 27.9 Å². The summed E-state index contributed by atoms with van der Waals surface area (Å²) in [5.74, 6) is -1.08. The average Bonchev–Trinajstić information content (AvgIpc) is 2.77. The Morgan fingerprint density at radius 3 is 2.25 bits per heavy atom. The van der Waals surface area contributed by atoms with Gasteiger partial charge >= 0.3 is 5.97 Å². The Bertz CT molecular complexity index is 1000. The van der Waals surface area contributed by atoms with Crippen molar-refractivity contribution in [1.29, 1.82) is 0 Å². The predicted molar refractivity (Wildman–Crippen MR) is 124 cm³/mol. The number of esters is 1. The Hall–Kier alpha value is -2.61. The van der Waals surface area contributed by atoms with Gasteiger partial charge in [-0.3, -0.25) is 14.5 Å². The topological polar surface area (TPSA) is 79.0 Å². The van der Waals surface area contributed by atoms with E-state index in [2.05, 4.69) is 5.32 Å². The Balaban J connectivity index is 1.44. The van der Waals surface area contributed by atoms with Crippen LogP contribution in [0, 0.1) is 13.8 Å². The van der Waals surface area contributed by atoms with Gasteiger partial charge in [-0.1, -0.05) is 47.5 Å². The first kappa shape index (κ1) is 24.0. The first-order valence-electron chi connectivity index (χ1n) is 10.2. The van der Waals surface area contributed by atoms with Gasteiger partial charge in [-0.25, -0.2) is 4.79 Å². The first-order valence-corrected chi connectivity index (χ1v) is 11.0. The van der Waals surface area contributed by atoms with Gasteiger partial charge in [0.15, 0.2) is 6.61 Å². The molecule has 1 fully saturated rings. The number of hydrogen-bond acceptors (Lipinski definition) is 5. The molecule has 1 heterocycles. The molecule has 3 rings (SSSR count). The highest BCUT2D eigenvalue weighted by Crippen LogP contribution is 2.26. The van der Waals surface area contributed by atoms with Crippen LogP contribution in [-0.2, 0) is 14.3 Å². The molecule has 170 valence electrons. The zero-order valence-electron chi connectivity index (χ0n) is 18.0. The zero-order valence-corrected chi connectivity index (χ0v) is 19.5. The molecule has 1 N–H and O–H groups in total. The largest absolute Gasteiger partial charge is 0.452 e. The second-order valence-corrected chi connectivity index (χ2v) is 8.43. The third kappa shape index (κ3) is 6.00. The number of rotatable bonds is 6. The Labute approximate surface area is 197 Å². The van der Waals surface area contributed by atoms with Crippen LogP contribution in [0.3, 0.4) is 0 Å². The van der Waals surface area contributed by atoms with E-state index in [9.17, 15) is 14.4 Å². The fourth-order valence-electron chi connectivity index (χ4n) is 3.51. The summed E-state index contributed by atoms with van der Waals surface area (Å²) < 4.78 is 5.11. The maximum Gasteiger partial charge on any atom is 0.340 e. The number of carbonyl (C=O) groups is 3. The van der Waals surface area contributed by atoms with Crippen molar-refractivity contribution >= 4 is 46.7 Å². The molecule has 1 aliphatic heterocycles. The summed E-state index contributed by atoms with van der Waals surface area (Å²) in [6.45, 7) is 5.79. The van der Waals surface area contributed by atoms with Gasteiger partial charge in [0.05, 0.1) is 22.2 Å². The lowest BCUT2D eigenvalue weighted by molar-refractivity contribution is -0.136. The molecule has 2 amide bonds. The van der Waals surface area contributed by atoms with Crippen LogP contribution < -0.4 is 5.32 Å². The molecule has 1 saturated heterocycles. The summed E-state index contributed by atoms with van der Waals surface area (Å²) in [5.41, 5.74) is 2.99. The predicted octanol–water partition coefficient (Wildman–Crippen LogP) is 3.55. The molecular weight excluding hydrogens is 453 g/mol. The molecule has 0 atom stereocenters. The molecule has 0 aliphatic carbocycles. The average molecular weight is 478 g/mol. The quantitative estimate of drug-likeness (QED) is 0.643. The number of nitrogens with zero attached hydrogens (tertiary/aromatic N) is 2. The summed E-state index contributed by atoms with van der Waals surface area (Å²) in [6, 6.07) is 10.5. The summed E-state index contributed by atoms with van der Waals surface area (Å²) in [7, 11) is 0. The lowest BCUT2D eigenvalue weighted by atomic mass is 10.1. The number of halogens is 2. The molecule has 1 aliphatic rings. The Morgan fingerprint density at radius 1 is 0.969 bits per heavy atom. The fraction of sp³-hybridized carbons (Fsp3) is 0.348. The van der Waals surface area contributed by atoms with Crippen molar-refractivity contribution in [3.05, 3.63) is 63.1 Å². The number of amides is 2. The van der Waals surface area contributed by atoms with Gasteiger partial charge in [0.25, 0.3) is 5.91 Å². The minimum atomic E-state index is -0.701. The molecule has 2 aromatic carbocycles. The lowest BCUT2D eigenvalue weighted by Crippen LogP contribution is -2.51. The molecule has 2 aromatic rings. The number of para-hydroxylation sites is 1. The molecule has 7 nitrogen and oxygen atoms in total. The van der Waals surface area contributed by atoms with E-state index < -0.39 is 5.97 Å². The van der Waals surface area contributed by atoms with Crippen LogP contribution in [-0.4, -0.2) is 66.9 Å². The molecular formula is C23H25Cl2N3O4. The minimum Gasteiger partial charge on any atom is -0.452 e. The maximum absolute atomic E-state index is 12.5. The van der Waals surface area contributed by atoms with Gasteiger partial charge in [0, 0.05) is 31.9 Å². The van der Waals surface area contributed by atoms with Crippen LogP contribution >= 0.6 is 23.2 Å². The first-order chi connectivity index (χ1) is 15.3. The molecule has 9 heteroatoms. The van der Waals surface area contributed by atoms with Crippen molar-refractivity contribution < 1.29 is 19.1 Å². The number of benzene rings is 2. The highest BCUT2D eigenvalue weighted by Gasteiger charge is 2.24. The second-order valence-electron chi connectivity index (χ2n) is 7.65. The number of nitrogens with one attached hydrogen (secondary N) is 1. The van der Waals surface area contributed by atoms with Crippen molar-refractivity contribution in [3.63, 3.8) is 0 Å². The molecule has 0 saturated carbocycles. The van der Waals surface area contributed by atoms with Crippen LogP contribution in [0.1, 0.15) is 21.5 Å². The summed E-state index contributed by atoms with van der Waals surface area (Å²) in [5, 5.41) is 3.32. The number of ether oxygens (including phenoxy) is 1. The monoisotopic (exact) mass is 477 g/mol. The summed E-state index contributed by atoms with van der Waals surface area (Å²) in [6.07, 6.45) is 0. The number of anilines is 1. The van der Waals surface area contributed by atoms with Crippen LogP contribution in [0.5, 0.6) is 0 Å². The van der Waals surface area contributed by atoms with Gasteiger partial charge in [0.1, 0.15) is 0 Å². The molecule has 0 spiro atoms. The van der Waals surface area contributed by atoms with Crippen molar-refractivity contribution in [1.82, 2.24) is 9.80 Å². The molecule has 0 radical (unpaired) electrons. The van der Waals surface area contributed by atoms with Crippen molar-refractivity contribution in [2.24, 2.45) is 0 Å². The van der Waals surface area contributed by atoms with Gasteiger partial charge in [-0.15, -0.1) is 0 Å². The van der Waals surface area contributed by atoms with Gasteiger partial charge in [-0.2, -0.15) is 0 Å². The van der Waals surface area contributed by atoms with Gasteiger partial charge in [-0.05, 0) is 37.1 Å². The van der Waals surface area contributed by atoms with E-state index in [0.29, 0.717) is 26.2 Å². The van der Waals surface area contributed by atoms with E-state index in [1.54, 1.807) is 17.0 Å². The van der Waals surface area contributed by atoms with Crippen LogP contribution in [0.25, 0.3) is 0 Å². The van der Waals surface area contributed by atoms with E-state index in [1.807, 2.05) is 36.9 Å². The summed E-state index contributed by atoms with van der Waals surface area (Å²) in [4.78, 5) is 40.7. The standard InChI is InChI=1S/C23H25Cl2N3O4/c1-15-5-3-6-16(2)22(15)26-19(29)13-27-9-11-28(12-10-27)20(30)14-32-23(31)17-7-4-8-18(24)21(17)25/h3-8H,9-14H2,1-2H3,(H,26,29). The van der Waals surface area contributed by atoms with Crippen LogP contribution in [0.2, 0.25) is 10.0 Å². The highest BCUT2D eigenvalue weighted by atomic mass is 35.5. The van der Waals surface area contributed by atoms with Gasteiger partial charge < -0.3 is 15.0 Å². The minimum absolute atomic E-state index is 0.0884. The van der Waals surface area contributed by atoms with Crippen molar-refractivity contribution in [2.45, 2.75) is 13.8 Å². The molecule has 0 bridgehead atoms. The normalized spacial score (nSPS) is 14.2. The Kier molecular flexibility index (Phi) is 8.12. The zero-order chi connectivity index (χ0) is 23.3.